The van der Waals surface area contributed by atoms with Gasteiger partial charge in [0.05, 0.1) is 49.8 Å². The molecule has 0 aliphatic carbocycles. The minimum atomic E-state index is -4.47. The lowest BCUT2D eigenvalue weighted by Crippen LogP contribution is -2.66. The van der Waals surface area contributed by atoms with Gasteiger partial charge in [0.1, 0.15) is 6.61 Å². The third-order valence-corrected chi connectivity index (χ3v) is 12.5. The Hall–Kier alpha value is -3.96. The zero-order valence-corrected chi connectivity index (χ0v) is 27.3. The molecule has 1 N–H and O–H groups in total. The Morgan fingerprint density at radius 2 is 1.22 bits per heavy atom. The predicted molar refractivity (Wildman–Crippen MR) is 177 cm³/mol. The van der Waals surface area contributed by atoms with Crippen LogP contribution in [-0.4, -0.2) is 53.9 Å². The van der Waals surface area contributed by atoms with Gasteiger partial charge < -0.3 is 24.0 Å². The molecule has 46 heavy (non-hydrogen) atoms. The van der Waals surface area contributed by atoms with Crippen LogP contribution in [0.1, 0.15) is 36.7 Å². The molecule has 4 rings (SSSR count). The number of alkyl halides is 3. The lowest BCUT2D eigenvalue weighted by Gasteiger charge is -2.43. The molecule has 0 fully saturated rings. The van der Waals surface area contributed by atoms with E-state index in [2.05, 4.69) is 74.6 Å². The number of esters is 1. The smallest absolute Gasteiger partial charge is 0.416 e. The summed E-state index contributed by atoms with van der Waals surface area (Å²) in [5, 5.41) is 5.18. The lowest BCUT2D eigenvalue weighted by atomic mass is 10.1. The molecule has 0 heterocycles. The Morgan fingerprint density at radius 3 is 1.80 bits per heavy atom. The van der Waals surface area contributed by atoms with Crippen LogP contribution in [-0.2, 0) is 24.8 Å². The highest BCUT2D eigenvalue weighted by atomic mass is 28.4. The van der Waals surface area contributed by atoms with Crippen LogP contribution in [0.5, 0.6) is 0 Å². The number of nitrogens with one attached hydrogen (secondary N) is 1. The minimum Gasteiger partial charge on any atom is -0.460 e. The first-order valence-electron chi connectivity index (χ1n) is 15.1. The SMILES string of the molecule is CC(C)(C)[Si](OCCOCCOCCOC(=O)c1ccccc1Nc1cccc(C(F)(F)F)c1)(c1ccccc1)c1ccccc1. The van der Waals surface area contributed by atoms with Gasteiger partial charge in [0.2, 0.25) is 0 Å². The number of hydrogen-bond donors (Lipinski definition) is 1. The molecular weight excluding hydrogens is 611 g/mol. The molecule has 0 spiro atoms. The van der Waals surface area contributed by atoms with Crippen molar-refractivity contribution >= 4 is 36.0 Å². The first-order valence-corrected chi connectivity index (χ1v) is 17.0. The quantitative estimate of drug-likeness (QED) is 0.0833. The van der Waals surface area contributed by atoms with Crippen molar-refractivity contribution in [2.45, 2.75) is 32.0 Å². The maximum Gasteiger partial charge on any atom is 0.416 e. The van der Waals surface area contributed by atoms with E-state index in [0.717, 1.165) is 12.1 Å². The van der Waals surface area contributed by atoms with Crippen molar-refractivity contribution in [2.75, 3.05) is 45.0 Å². The molecule has 4 aromatic rings. The molecule has 0 bridgehead atoms. The second kappa shape index (κ2) is 16.0. The molecule has 244 valence electrons. The number of benzene rings is 4. The van der Waals surface area contributed by atoms with E-state index in [1.54, 1.807) is 24.3 Å². The third-order valence-electron chi connectivity index (χ3n) is 7.41. The number of anilines is 2. The summed E-state index contributed by atoms with van der Waals surface area (Å²) in [7, 11) is -2.62. The van der Waals surface area contributed by atoms with Crippen LogP contribution in [0.4, 0.5) is 24.5 Å². The normalized spacial score (nSPS) is 12.1. The van der Waals surface area contributed by atoms with Gasteiger partial charge in [-0.3, -0.25) is 0 Å². The molecule has 0 aliphatic rings. The monoisotopic (exact) mass is 651 g/mol. The van der Waals surface area contributed by atoms with E-state index in [4.69, 9.17) is 18.6 Å². The van der Waals surface area contributed by atoms with Gasteiger partial charge in [-0.2, -0.15) is 13.2 Å². The Morgan fingerprint density at radius 1 is 0.674 bits per heavy atom. The van der Waals surface area contributed by atoms with Crippen molar-refractivity contribution in [1.29, 1.82) is 0 Å². The maximum atomic E-state index is 13.1. The van der Waals surface area contributed by atoms with Crippen molar-refractivity contribution in [3.05, 3.63) is 120 Å². The van der Waals surface area contributed by atoms with Crippen LogP contribution in [0.3, 0.4) is 0 Å². The zero-order chi connectivity index (χ0) is 33.0. The van der Waals surface area contributed by atoms with E-state index in [1.807, 2.05) is 12.1 Å². The number of halogens is 3. The van der Waals surface area contributed by atoms with Gasteiger partial charge >= 0.3 is 12.1 Å². The van der Waals surface area contributed by atoms with Crippen LogP contribution in [0.25, 0.3) is 0 Å². The summed E-state index contributed by atoms with van der Waals surface area (Å²) in [5.74, 6) is -0.615. The number of carbonyl (C=O) groups excluding carboxylic acids is 1. The predicted octanol–water partition coefficient (Wildman–Crippen LogP) is 7.22. The summed E-state index contributed by atoms with van der Waals surface area (Å²) in [6.07, 6.45) is -4.47. The first kappa shape index (κ1) is 34.9. The van der Waals surface area contributed by atoms with Gasteiger partial charge in [-0.25, -0.2) is 4.79 Å². The van der Waals surface area contributed by atoms with Crippen LogP contribution in [0.2, 0.25) is 5.04 Å². The first-order chi connectivity index (χ1) is 22.0. The fraction of sp³-hybridized carbons (Fsp3) is 0.306. The molecule has 0 aromatic heterocycles. The van der Waals surface area contributed by atoms with E-state index in [0.29, 0.717) is 32.1 Å². The topological polar surface area (TPSA) is 66.0 Å². The molecule has 0 atom stereocenters. The third kappa shape index (κ3) is 9.07. The Labute approximate surface area is 269 Å². The molecule has 4 aromatic carbocycles. The summed E-state index contributed by atoms with van der Waals surface area (Å²) < 4.78 is 62.8. The summed E-state index contributed by atoms with van der Waals surface area (Å²) in [6.45, 7) is 8.35. The minimum absolute atomic E-state index is 0.00763. The van der Waals surface area contributed by atoms with E-state index in [1.165, 1.54) is 22.5 Å². The van der Waals surface area contributed by atoms with Crippen molar-refractivity contribution in [3.63, 3.8) is 0 Å². The van der Waals surface area contributed by atoms with Gasteiger partial charge in [-0.1, -0.05) is 99.6 Å². The number of carbonyl (C=O) groups is 1. The summed E-state index contributed by atoms with van der Waals surface area (Å²) in [5.41, 5.74) is -0.0496. The highest BCUT2D eigenvalue weighted by Crippen LogP contribution is 2.36. The van der Waals surface area contributed by atoms with Gasteiger partial charge in [-0.05, 0) is 45.7 Å². The van der Waals surface area contributed by atoms with Crippen molar-refractivity contribution in [3.8, 4) is 0 Å². The molecular formula is C36H40F3NO5Si. The van der Waals surface area contributed by atoms with Gasteiger partial charge in [0, 0.05) is 5.69 Å². The average Bonchev–Trinajstić information content (AvgIpc) is 3.04. The Bertz CT molecular complexity index is 1490. The molecule has 10 heteroatoms. The molecule has 0 saturated heterocycles. The summed E-state index contributed by atoms with van der Waals surface area (Å²) in [6, 6.07) is 32.1. The van der Waals surface area contributed by atoms with Gasteiger partial charge in [0.15, 0.2) is 0 Å². The number of rotatable bonds is 15. The largest absolute Gasteiger partial charge is 0.460 e. The standard InChI is InChI=1S/C36H40F3NO5Si/c1-35(2,3)46(30-15-6-4-7-16-30,31-17-8-5-9-18-31)45-26-24-43-22-21-42-23-25-44-34(41)32-19-10-11-20-33(32)40-29-14-12-13-28(27-29)36(37,38)39/h4-20,27,40H,21-26H2,1-3H3. The van der Waals surface area contributed by atoms with Crippen LogP contribution < -0.4 is 15.7 Å². The summed E-state index contributed by atoms with van der Waals surface area (Å²) in [4.78, 5) is 12.7. The Kier molecular flexibility index (Phi) is 12.2. The van der Waals surface area contributed by atoms with E-state index in [-0.39, 0.29) is 29.5 Å². The van der Waals surface area contributed by atoms with Gasteiger partial charge in [-0.15, -0.1) is 0 Å². The number of para-hydroxylation sites is 1. The fourth-order valence-corrected chi connectivity index (χ4v) is 9.85. The average molecular weight is 652 g/mol. The molecule has 0 amide bonds. The van der Waals surface area contributed by atoms with Crippen LogP contribution in [0.15, 0.2) is 109 Å². The number of hydrogen-bond acceptors (Lipinski definition) is 6. The highest BCUT2D eigenvalue weighted by Gasteiger charge is 2.50. The molecule has 6 nitrogen and oxygen atoms in total. The molecule has 0 unspecified atom stereocenters. The second-order valence-electron chi connectivity index (χ2n) is 11.6. The maximum absolute atomic E-state index is 13.1. The van der Waals surface area contributed by atoms with E-state index < -0.39 is 26.0 Å². The van der Waals surface area contributed by atoms with E-state index in [9.17, 15) is 18.0 Å². The zero-order valence-electron chi connectivity index (χ0n) is 26.3. The van der Waals surface area contributed by atoms with Crippen LogP contribution in [0, 0.1) is 0 Å². The fourth-order valence-electron chi connectivity index (χ4n) is 5.31. The lowest BCUT2D eigenvalue weighted by molar-refractivity contribution is -0.137. The number of ether oxygens (including phenoxy) is 3. The van der Waals surface area contributed by atoms with Gasteiger partial charge in [0.25, 0.3) is 8.32 Å². The molecule has 0 saturated carbocycles. The van der Waals surface area contributed by atoms with Crippen molar-refractivity contribution in [1.82, 2.24) is 0 Å². The summed E-state index contributed by atoms with van der Waals surface area (Å²) >= 11 is 0. The Balaban J connectivity index is 1.20. The molecule has 0 radical (unpaired) electrons. The van der Waals surface area contributed by atoms with Crippen molar-refractivity contribution in [2.24, 2.45) is 0 Å². The van der Waals surface area contributed by atoms with Crippen LogP contribution >= 0.6 is 0 Å². The van der Waals surface area contributed by atoms with E-state index >= 15 is 0 Å². The highest BCUT2D eigenvalue weighted by molar-refractivity contribution is 6.99. The molecule has 0 aliphatic heterocycles. The van der Waals surface area contributed by atoms with Crippen molar-refractivity contribution < 1.29 is 36.6 Å². The second-order valence-corrected chi connectivity index (χ2v) is 15.9.